The average Bonchev–Trinajstić information content (AvgIpc) is 2.28. The molecular weight excluding hydrogens is 204 g/mol. The number of aromatic amines is 1. The van der Waals surface area contributed by atoms with Crippen molar-refractivity contribution in [3.8, 4) is 0 Å². The molecule has 0 radical (unpaired) electrons. The third-order valence-electron chi connectivity index (χ3n) is 2.45. The first-order chi connectivity index (χ1) is 7.61. The Balaban J connectivity index is 2.76. The molecule has 0 aliphatic carbocycles. The molecule has 0 atom stereocenters. The van der Waals surface area contributed by atoms with Crippen LogP contribution in [0, 0.1) is 0 Å². The van der Waals surface area contributed by atoms with Gasteiger partial charge in [-0.05, 0) is 24.1 Å². The summed E-state index contributed by atoms with van der Waals surface area (Å²) in [5, 5.41) is 9.71. The van der Waals surface area contributed by atoms with Gasteiger partial charge in [-0.1, -0.05) is 19.6 Å². The molecule has 0 saturated heterocycles. The summed E-state index contributed by atoms with van der Waals surface area (Å²) in [5.74, 6) is -0.125. The molecule has 2 aromatic rings. The molecule has 4 heteroatoms. The van der Waals surface area contributed by atoms with Gasteiger partial charge in [0.05, 0.1) is 10.9 Å². The van der Waals surface area contributed by atoms with E-state index in [-0.39, 0.29) is 17.1 Å². The van der Waals surface area contributed by atoms with Gasteiger partial charge in [0.25, 0.3) is 5.56 Å². The Labute approximate surface area is 92.3 Å². The van der Waals surface area contributed by atoms with Crippen molar-refractivity contribution in [2.24, 2.45) is 0 Å². The Hall–Kier alpha value is -2.10. The van der Waals surface area contributed by atoms with E-state index in [0.29, 0.717) is 10.9 Å². The number of aromatic nitrogens is 2. The molecule has 4 nitrogen and oxygen atoms in total. The van der Waals surface area contributed by atoms with Crippen LogP contribution >= 0.6 is 0 Å². The fraction of sp³-hybridized carbons (Fsp3) is 0.167. The highest BCUT2D eigenvalue weighted by Crippen LogP contribution is 2.12. The molecule has 0 saturated carbocycles. The summed E-state index contributed by atoms with van der Waals surface area (Å²) in [4.78, 5) is 18.3. The first-order valence-electron chi connectivity index (χ1n) is 5.03. The normalized spacial score (nSPS) is 10.6. The van der Waals surface area contributed by atoms with Gasteiger partial charge in [0.2, 0.25) is 0 Å². The van der Waals surface area contributed by atoms with E-state index >= 15 is 0 Å². The lowest BCUT2D eigenvalue weighted by Gasteiger charge is -2.02. The maximum Gasteiger partial charge on any atom is 0.259 e. The summed E-state index contributed by atoms with van der Waals surface area (Å²) in [6, 6.07) is 5.50. The largest absolute Gasteiger partial charge is 0.505 e. The third kappa shape index (κ3) is 1.69. The SMILES string of the molecule is C=C(O)c1nc2ccc(CC)cc2c(=O)[nH]1. The molecule has 0 unspecified atom stereocenters. The highest BCUT2D eigenvalue weighted by molar-refractivity contribution is 5.79. The van der Waals surface area contributed by atoms with Gasteiger partial charge in [0, 0.05) is 0 Å². The van der Waals surface area contributed by atoms with Gasteiger partial charge in [-0.2, -0.15) is 0 Å². The molecule has 0 aliphatic heterocycles. The predicted octanol–water partition coefficient (Wildman–Crippen LogP) is 2.01. The summed E-state index contributed by atoms with van der Waals surface area (Å²) in [7, 11) is 0. The van der Waals surface area contributed by atoms with Gasteiger partial charge in [-0.3, -0.25) is 4.79 Å². The molecular formula is C12H12N2O2. The van der Waals surface area contributed by atoms with Gasteiger partial charge in [0.1, 0.15) is 0 Å². The smallest absolute Gasteiger partial charge is 0.259 e. The number of aliphatic hydroxyl groups is 1. The molecule has 1 aromatic carbocycles. The number of fused-ring (bicyclic) bond motifs is 1. The number of aryl methyl sites for hydroxylation is 1. The minimum Gasteiger partial charge on any atom is -0.505 e. The average molecular weight is 216 g/mol. The van der Waals surface area contributed by atoms with E-state index in [1.165, 1.54) is 0 Å². The van der Waals surface area contributed by atoms with E-state index in [9.17, 15) is 9.90 Å². The van der Waals surface area contributed by atoms with Crippen LogP contribution < -0.4 is 5.56 Å². The molecule has 0 aliphatic rings. The zero-order valence-corrected chi connectivity index (χ0v) is 8.95. The number of benzene rings is 1. The summed E-state index contributed by atoms with van der Waals surface area (Å²) in [6.45, 7) is 5.35. The molecule has 0 spiro atoms. The van der Waals surface area contributed by atoms with Gasteiger partial charge in [0.15, 0.2) is 11.6 Å². The summed E-state index contributed by atoms with van der Waals surface area (Å²) in [5.41, 5.74) is 1.38. The molecule has 82 valence electrons. The second-order valence-electron chi connectivity index (χ2n) is 3.57. The van der Waals surface area contributed by atoms with Crippen molar-refractivity contribution in [3.63, 3.8) is 0 Å². The van der Waals surface area contributed by atoms with Gasteiger partial charge in [-0.15, -0.1) is 0 Å². The Morgan fingerprint density at radius 1 is 1.56 bits per heavy atom. The highest BCUT2D eigenvalue weighted by Gasteiger charge is 2.05. The molecule has 2 N–H and O–H groups in total. The maximum atomic E-state index is 11.7. The van der Waals surface area contributed by atoms with E-state index in [0.717, 1.165) is 12.0 Å². The van der Waals surface area contributed by atoms with Crippen molar-refractivity contribution in [3.05, 3.63) is 46.5 Å². The maximum absolute atomic E-state index is 11.7. The lowest BCUT2D eigenvalue weighted by atomic mass is 10.1. The van der Waals surface area contributed by atoms with Gasteiger partial charge >= 0.3 is 0 Å². The van der Waals surface area contributed by atoms with Crippen molar-refractivity contribution in [1.29, 1.82) is 0 Å². The standard InChI is InChI=1S/C12H12N2O2/c1-3-8-4-5-10-9(6-8)12(16)14-11(13-10)7(2)15/h4-6,15H,2-3H2,1H3,(H,13,14,16). The van der Waals surface area contributed by atoms with E-state index in [2.05, 4.69) is 16.5 Å². The van der Waals surface area contributed by atoms with Crippen molar-refractivity contribution in [2.45, 2.75) is 13.3 Å². The number of hydrogen-bond donors (Lipinski definition) is 2. The van der Waals surface area contributed by atoms with Crippen LogP contribution in [0.3, 0.4) is 0 Å². The van der Waals surface area contributed by atoms with Crippen molar-refractivity contribution >= 4 is 16.7 Å². The Morgan fingerprint density at radius 2 is 2.31 bits per heavy atom. The van der Waals surface area contributed by atoms with Crippen LogP contribution in [0.2, 0.25) is 0 Å². The second kappa shape index (κ2) is 3.81. The van der Waals surface area contributed by atoms with Crippen molar-refractivity contribution in [1.82, 2.24) is 9.97 Å². The predicted molar refractivity (Wildman–Crippen MR) is 63.4 cm³/mol. The van der Waals surface area contributed by atoms with Gasteiger partial charge in [-0.25, -0.2) is 4.98 Å². The number of H-pyrrole nitrogens is 1. The number of rotatable bonds is 2. The van der Waals surface area contributed by atoms with E-state index in [1.807, 2.05) is 19.1 Å². The van der Waals surface area contributed by atoms with Crippen LogP contribution in [0.5, 0.6) is 0 Å². The van der Waals surface area contributed by atoms with Crippen molar-refractivity contribution < 1.29 is 5.11 Å². The first-order valence-corrected chi connectivity index (χ1v) is 5.03. The van der Waals surface area contributed by atoms with Crippen LogP contribution in [0.1, 0.15) is 18.3 Å². The lowest BCUT2D eigenvalue weighted by Crippen LogP contribution is -2.11. The van der Waals surface area contributed by atoms with Crippen molar-refractivity contribution in [2.75, 3.05) is 0 Å². The van der Waals surface area contributed by atoms with Crippen LogP contribution in [0.25, 0.3) is 16.7 Å². The number of nitrogens with one attached hydrogen (secondary N) is 1. The molecule has 0 amide bonds. The van der Waals surface area contributed by atoms with Crippen LogP contribution in [-0.2, 0) is 6.42 Å². The molecule has 2 rings (SSSR count). The lowest BCUT2D eigenvalue weighted by molar-refractivity contribution is 0.507. The van der Waals surface area contributed by atoms with Crippen LogP contribution in [0.15, 0.2) is 29.6 Å². The Bertz CT molecular complexity index is 614. The Kier molecular flexibility index (Phi) is 2.48. The fourth-order valence-corrected chi connectivity index (χ4v) is 1.54. The Morgan fingerprint density at radius 3 is 2.94 bits per heavy atom. The molecule has 1 heterocycles. The third-order valence-corrected chi connectivity index (χ3v) is 2.45. The number of nitrogens with zero attached hydrogens (tertiary/aromatic N) is 1. The minimum atomic E-state index is -0.259. The zero-order chi connectivity index (χ0) is 11.7. The van der Waals surface area contributed by atoms with Crippen LogP contribution in [0.4, 0.5) is 0 Å². The fourth-order valence-electron chi connectivity index (χ4n) is 1.54. The molecule has 0 bridgehead atoms. The quantitative estimate of drug-likeness (QED) is 0.755. The molecule has 16 heavy (non-hydrogen) atoms. The monoisotopic (exact) mass is 216 g/mol. The van der Waals surface area contributed by atoms with E-state index < -0.39 is 0 Å². The van der Waals surface area contributed by atoms with Gasteiger partial charge < -0.3 is 10.1 Å². The second-order valence-corrected chi connectivity index (χ2v) is 3.57. The highest BCUT2D eigenvalue weighted by atomic mass is 16.3. The summed E-state index contributed by atoms with van der Waals surface area (Å²) >= 11 is 0. The first kappa shape index (κ1) is 10.4. The molecule has 1 aromatic heterocycles. The zero-order valence-electron chi connectivity index (χ0n) is 8.95. The number of aliphatic hydroxyl groups excluding tert-OH is 1. The van der Waals surface area contributed by atoms with E-state index in [1.54, 1.807) is 6.07 Å². The van der Waals surface area contributed by atoms with E-state index in [4.69, 9.17) is 0 Å². The molecule has 0 fully saturated rings. The summed E-state index contributed by atoms with van der Waals surface area (Å²) in [6.07, 6.45) is 0.865. The number of hydrogen-bond acceptors (Lipinski definition) is 3. The van der Waals surface area contributed by atoms with Crippen LogP contribution in [-0.4, -0.2) is 15.1 Å². The summed E-state index contributed by atoms with van der Waals surface area (Å²) < 4.78 is 0. The minimum absolute atomic E-state index is 0.113. The topological polar surface area (TPSA) is 66.0 Å².